The van der Waals surface area contributed by atoms with Gasteiger partial charge in [-0.1, -0.05) is 23.7 Å². The number of halogens is 1. The highest BCUT2D eigenvalue weighted by atomic mass is 35.5. The second-order valence-electron chi connectivity index (χ2n) is 5.32. The van der Waals surface area contributed by atoms with E-state index in [0.29, 0.717) is 12.5 Å². The highest BCUT2D eigenvalue weighted by molar-refractivity contribution is 6.30. The SMILES string of the molecule is CC(NC(=O)C[C@@H]1CCCN1C)c1ccc(Cl)cc1. The molecule has 0 aliphatic carbocycles. The van der Waals surface area contributed by atoms with Crippen molar-refractivity contribution >= 4 is 17.5 Å². The van der Waals surface area contributed by atoms with Crippen LogP contribution in [0.25, 0.3) is 0 Å². The Morgan fingerprint density at radius 1 is 1.47 bits per heavy atom. The highest BCUT2D eigenvalue weighted by Crippen LogP contribution is 2.19. The van der Waals surface area contributed by atoms with Gasteiger partial charge in [0.2, 0.25) is 5.91 Å². The first-order valence-corrected chi connectivity index (χ1v) is 7.19. The average molecular weight is 281 g/mol. The van der Waals surface area contributed by atoms with Crippen molar-refractivity contribution in [2.75, 3.05) is 13.6 Å². The first-order valence-electron chi connectivity index (χ1n) is 6.81. The summed E-state index contributed by atoms with van der Waals surface area (Å²) in [6, 6.07) is 8.03. The normalized spacial score (nSPS) is 21.3. The minimum atomic E-state index is 0.0245. The van der Waals surface area contributed by atoms with Crippen LogP contribution in [0, 0.1) is 0 Å². The molecule has 2 atom stereocenters. The van der Waals surface area contributed by atoms with E-state index in [1.807, 2.05) is 31.2 Å². The van der Waals surface area contributed by atoms with E-state index in [4.69, 9.17) is 11.6 Å². The van der Waals surface area contributed by atoms with E-state index in [1.54, 1.807) is 0 Å². The van der Waals surface area contributed by atoms with Crippen LogP contribution in [-0.2, 0) is 4.79 Å². The zero-order valence-corrected chi connectivity index (χ0v) is 12.3. The van der Waals surface area contributed by atoms with Crippen molar-refractivity contribution in [2.45, 2.75) is 38.3 Å². The maximum Gasteiger partial charge on any atom is 0.222 e. The summed E-state index contributed by atoms with van der Waals surface area (Å²) >= 11 is 5.86. The van der Waals surface area contributed by atoms with Crippen LogP contribution in [0.2, 0.25) is 5.02 Å². The number of rotatable bonds is 4. The summed E-state index contributed by atoms with van der Waals surface area (Å²) in [4.78, 5) is 14.3. The lowest BCUT2D eigenvalue weighted by atomic mass is 10.1. The third-order valence-electron chi connectivity index (χ3n) is 3.84. The summed E-state index contributed by atoms with van der Waals surface area (Å²) in [5.74, 6) is 0.126. The first kappa shape index (κ1) is 14.4. The van der Waals surface area contributed by atoms with Crippen LogP contribution in [0.1, 0.15) is 37.8 Å². The van der Waals surface area contributed by atoms with Crippen molar-refractivity contribution in [2.24, 2.45) is 0 Å². The molecule has 1 unspecified atom stereocenters. The maximum absolute atomic E-state index is 12.0. The number of hydrogen-bond donors (Lipinski definition) is 1. The van der Waals surface area contributed by atoms with E-state index in [0.717, 1.165) is 23.6 Å². The molecule has 0 bridgehead atoms. The molecule has 19 heavy (non-hydrogen) atoms. The summed E-state index contributed by atoms with van der Waals surface area (Å²) in [6.07, 6.45) is 2.91. The lowest BCUT2D eigenvalue weighted by Gasteiger charge is -2.20. The molecule has 1 aliphatic rings. The largest absolute Gasteiger partial charge is 0.350 e. The molecule has 2 rings (SSSR count). The minimum absolute atomic E-state index is 0.0245. The van der Waals surface area contributed by atoms with Crippen LogP contribution < -0.4 is 5.32 Å². The standard InChI is InChI=1S/C15H21ClN2O/c1-11(12-5-7-13(16)8-6-12)17-15(19)10-14-4-3-9-18(14)2/h5-8,11,14H,3-4,9-10H2,1-2H3,(H,17,19)/t11?,14-/m0/s1. The van der Waals surface area contributed by atoms with Crippen molar-refractivity contribution in [3.8, 4) is 0 Å². The fourth-order valence-electron chi connectivity index (χ4n) is 2.59. The number of carbonyl (C=O) groups is 1. The number of amides is 1. The van der Waals surface area contributed by atoms with Crippen molar-refractivity contribution < 1.29 is 4.79 Å². The van der Waals surface area contributed by atoms with Gasteiger partial charge < -0.3 is 10.2 Å². The third-order valence-corrected chi connectivity index (χ3v) is 4.09. The van der Waals surface area contributed by atoms with Crippen LogP contribution in [0.3, 0.4) is 0 Å². The summed E-state index contributed by atoms with van der Waals surface area (Å²) in [5, 5.41) is 3.77. The van der Waals surface area contributed by atoms with Gasteiger partial charge in [0.1, 0.15) is 0 Å². The Hall–Kier alpha value is -1.06. The van der Waals surface area contributed by atoms with Crippen LogP contribution in [0.5, 0.6) is 0 Å². The van der Waals surface area contributed by atoms with Crippen LogP contribution >= 0.6 is 11.6 Å². The van der Waals surface area contributed by atoms with Gasteiger partial charge in [-0.25, -0.2) is 0 Å². The quantitative estimate of drug-likeness (QED) is 0.920. The van der Waals surface area contributed by atoms with Gasteiger partial charge in [0, 0.05) is 17.5 Å². The monoisotopic (exact) mass is 280 g/mol. The van der Waals surface area contributed by atoms with Crippen molar-refractivity contribution in [1.82, 2.24) is 10.2 Å². The molecule has 1 amide bonds. The molecule has 104 valence electrons. The molecule has 0 radical (unpaired) electrons. The van der Waals surface area contributed by atoms with Crippen LogP contribution in [0.4, 0.5) is 0 Å². The topological polar surface area (TPSA) is 32.3 Å². The number of benzene rings is 1. The van der Waals surface area contributed by atoms with Gasteiger partial charge in [-0.15, -0.1) is 0 Å². The summed E-state index contributed by atoms with van der Waals surface area (Å²) in [6.45, 7) is 3.10. The Bertz CT molecular complexity index is 432. The molecule has 1 aliphatic heterocycles. The zero-order valence-electron chi connectivity index (χ0n) is 11.5. The molecule has 1 aromatic carbocycles. The predicted molar refractivity (Wildman–Crippen MR) is 78.3 cm³/mol. The maximum atomic E-state index is 12.0. The van der Waals surface area contributed by atoms with Crippen molar-refractivity contribution in [3.05, 3.63) is 34.9 Å². The van der Waals surface area contributed by atoms with E-state index in [2.05, 4.69) is 17.3 Å². The van der Waals surface area contributed by atoms with E-state index in [1.165, 1.54) is 6.42 Å². The van der Waals surface area contributed by atoms with Gasteiger partial charge in [-0.05, 0) is 51.1 Å². The lowest BCUT2D eigenvalue weighted by Crippen LogP contribution is -2.34. The van der Waals surface area contributed by atoms with Crippen LogP contribution in [0.15, 0.2) is 24.3 Å². The Morgan fingerprint density at radius 3 is 2.74 bits per heavy atom. The van der Waals surface area contributed by atoms with Gasteiger partial charge in [0.15, 0.2) is 0 Å². The zero-order chi connectivity index (χ0) is 13.8. The molecule has 1 fully saturated rings. The molecule has 1 saturated heterocycles. The van der Waals surface area contributed by atoms with Gasteiger partial charge in [-0.3, -0.25) is 4.79 Å². The highest BCUT2D eigenvalue weighted by Gasteiger charge is 2.23. The second kappa shape index (κ2) is 6.40. The lowest BCUT2D eigenvalue weighted by molar-refractivity contribution is -0.122. The smallest absolute Gasteiger partial charge is 0.222 e. The number of hydrogen-bond acceptors (Lipinski definition) is 2. The molecule has 1 aromatic rings. The summed E-state index contributed by atoms with van der Waals surface area (Å²) in [7, 11) is 2.09. The van der Waals surface area contributed by atoms with E-state index in [9.17, 15) is 4.79 Å². The van der Waals surface area contributed by atoms with E-state index < -0.39 is 0 Å². The van der Waals surface area contributed by atoms with Gasteiger partial charge in [0.05, 0.1) is 6.04 Å². The fraction of sp³-hybridized carbons (Fsp3) is 0.533. The molecule has 0 aromatic heterocycles. The molecule has 0 spiro atoms. The number of nitrogens with zero attached hydrogens (tertiary/aromatic N) is 1. The van der Waals surface area contributed by atoms with E-state index >= 15 is 0 Å². The van der Waals surface area contributed by atoms with Crippen molar-refractivity contribution in [3.63, 3.8) is 0 Å². The summed E-state index contributed by atoms with van der Waals surface area (Å²) < 4.78 is 0. The molecule has 4 heteroatoms. The molecule has 1 heterocycles. The molecular weight excluding hydrogens is 260 g/mol. The second-order valence-corrected chi connectivity index (χ2v) is 5.76. The Morgan fingerprint density at radius 2 is 2.16 bits per heavy atom. The first-order chi connectivity index (χ1) is 9.06. The Balaban J connectivity index is 1.86. The molecule has 0 saturated carbocycles. The number of carbonyl (C=O) groups excluding carboxylic acids is 1. The number of likely N-dealkylation sites (tertiary alicyclic amines) is 1. The van der Waals surface area contributed by atoms with Gasteiger partial charge in [0.25, 0.3) is 0 Å². The Labute approximate surface area is 119 Å². The number of nitrogens with one attached hydrogen (secondary N) is 1. The predicted octanol–water partition coefficient (Wildman–Crippen LogP) is 3.00. The van der Waals surface area contributed by atoms with E-state index in [-0.39, 0.29) is 11.9 Å². The summed E-state index contributed by atoms with van der Waals surface area (Å²) in [5.41, 5.74) is 1.08. The molecular formula is C15H21ClN2O. The molecule has 1 N–H and O–H groups in total. The van der Waals surface area contributed by atoms with Crippen LogP contribution in [-0.4, -0.2) is 30.4 Å². The molecule has 3 nitrogen and oxygen atoms in total. The minimum Gasteiger partial charge on any atom is -0.350 e. The van der Waals surface area contributed by atoms with Gasteiger partial charge in [-0.2, -0.15) is 0 Å². The van der Waals surface area contributed by atoms with Gasteiger partial charge >= 0.3 is 0 Å². The average Bonchev–Trinajstić information content (AvgIpc) is 2.75. The van der Waals surface area contributed by atoms with Crippen molar-refractivity contribution in [1.29, 1.82) is 0 Å². The fourth-order valence-corrected chi connectivity index (χ4v) is 2.71. The Kier molecular flexibility index (Phi) is 4.83. The third kappa shape index (κ3) is 3.95.